The first-order valence-corrected chi connectivity index (χ1v) is 9.63. The summed E-state index contributed by atoms with van der Waals surface area (Å²) in [4.78, 5) is 41.6. The second-order valence-electron chi connectivity index (χ2n) is 7.05. The number of nitrogens with zero attached hydrogens (tertiary/aromatic N) is 2. The van der Waals surface area contributed by atoms with E-state index in [0.717, 1.165) is 6.07 Å². The van der Waals surface area contributed by atoms with Crippen molar-refractivity contribution in [3.05, 3.63) is 77.1 Å². The fourth-order valence-corrected chi connectivity index (χ4v) is 3.65. The van der Waals surface area contributed by atoms with Crippen LogP contribution in [-0.4, -0.2) is 33.9 Å². The molecule has 0 spiro atoms. The molecule has 0 radical (unpaired) electrons. The minimum atomic E-state index is -1.60. The number of imidazole rings is 1. The number of benzene rings is 2. The molecule has 10 heteroatoms. The van der Waals surface area contributed by atoms with Gasteiger partial charge in [-0.15, -0.1) is 0 Å². The Hall–Kier alpha value is -3.72. The van der Waals surface area contributed by atoms with E-state index in [-0.39, 0.29) is 17.9 Å². The summed E-state index contributed by atoms with van der Waals surface area (Å²) in [5, 5.41) is 7.88. The third-order valence-corrected chi connectivity index (χ3v) is 5.29. The smallest absolute Gasteiger partial charge is 0.322 e. The Morgan fingerprint density at radius 1 is 1.23 bits per heavy atom. The second-order valence-corrected chi connectivity index (χ2v) is 7.49. The lowest BCUT2D eigenvalue weighted by atomic mass is 9.96. The summed E-state index contributed by atoms with van der Waals surface area (Å²) in [5.41, 5.74) is -0.373. The van der Waals surface area contributed by atoms with E-state index >= 15 is 0 Å². The third kappa shape index (κ3) is 3.75. The van der Waals surface area contributed by atoms with Crippen molar-refractivity contribution in [1.29, 1.82) is 0 Å². The van der Waals surface area contributed by atoms with E-state index in [1.807, 2.05) is 0 Å². The molecular formula is C21H17ClFN5O3. The fourth-order valence-electron chi connectivity index (χ4n) is 3.52. The lowest BCUT2D eigenvalue weighted by Gasteiger charge is -2.26. The van der Waals surface area contributed by atoms with Crippen molar-refractivity contribution in [3.8, 4) is 11.1 Å². The van der Waals surface area contributed by atoms with Crippen molar-refractivity contribution >= 4 is 29.4 Å². The van der Waals surface area contributed by atoms with Gasteiger partial charge >= 0.3 is 6.03 Å². The molecule has 1 unspecified atom stereocenters. The first kappa shape index (κ1) is 20.5. The van der Waals surface area contributed by atoms with Crippen molar-refractivity contribution in [1.82, 2.24) is 25.5 Å². The number of urea groups is 1. The topological polar surface area (TPSA) is 105 Å². The quantitative estimate of drug-likeness (QED) is 0.528. The van der Waals surface area contributed by atoms with Gasteiger partial charge in [0.1, 0.15) is 11.6 Å². The van der Waals surface area contributed by atoms with Crippen LogP contribution < -0.4 is 16.0 Å². The van der Waals surface area contributed by atoms with Gasteiger partial charge in [0.15, 0.2) is 5.54 Å². The van der Waals surface area contributed by atoms with Crippen LogP contribution in [-0.2, 0) is 17.4 Å². The maximum atomic E-state index is 14.0. The molecule has 31 heavy (non-hydrogen) atoms. The van der Waals surface area contributed by atoms with Crippen LogP contribution in [0.4, 0.5) is 9.18 Å². The van der Waals surface area contributed by atoms with Gasteiger partial charge < -0.3 is 15.2 Å². The van der Waals surface area contributed by atoms with Crippen LogP contribution in [0.3, 0.4) is 0 Å². The van der Waals surface area contributed by atoms with E-state index < -0.39 is 29.2 Å². The number of amides is 4. The molecule has 1 aromatic heterocycles. The number of rotatable bonds is 5. The Morgan fingerprint density at radius 3 is 2.58 bits per heavy atom. The van der Waals surface area contributed by atoms with E-state index in [1.165, 1.54) is 18.3 Å². The highest BCUT2D eigenvalue weighted by Crippen LogP contribution is 2.27. The Labute approximate surface area is 181 Å². The Kier molecular flexibility index (Phi) is 5.20. The third-order valence-electron chi connectivity index (χ3n) is 5.04. The lowest BCUT2D eigenvalue weighted by Crippen LogP contribution is -2.54. The van der Waals surface area contributed by atoms with E-state index in [9.17, 15) is 18.8 Å². The highest BCUT2D eigenvalue weighted by Gasteiger charge is 2.50. The molecule has 4 rings (SSSR count). The number of halogens is 2. The monoisotopic (exact) mass is 441 g/mol. The van der Waals surface area contributed by atoms with Crippen LogP contribution in [0.25, 0.3) is 11.1 Å². The van der Waals surface area contributed by atoms with Gasteiger partial charge in [0.05, 0.1) is 12.1 Å². The largest absolute Gasteiger partial charge is 0.349 e. The Bertz CT molecular complexity index is 1190. The highest BCUT2D eigenvalue weighted by molar-refractivity contribution is 6.30. The van der Waals surface area contributed by atoms with Crippen LogP contribution >= 0.6 is 11.6 Å². The second kappa shape index (κ2) is 7.84. The molecule has 3 N–H and O–H groups in total. The number of nitrogens with one attached hydrogen (secondary N) is 3. The van der Waals surface area contributed by atoms with Crippen molar-refractivity contribution in [3.63, 3.8) is 0 Å². The predicted octanol–water partition coefficient (Wildman–Crippen LogP) is 2.34. The van der Waals surface area contributed by atoms with Crippen molar-refractivity contribution in [2.24, 2.45) is 7.05 Å². The molecule has 8 nitrogen and oxygen atoms in total. The zero-order chi connectivity index (χ0) is 22.2. The number of aromatic nitrogens is 2. The molecule has 0 aliphatic carbocycles. The molecule has 2 aromatic carbocycles. The number of carbonyl (C=O) groups is 3. The van der Waals surface area contributed by atoms with Gasteiger partial charge in [0, 0.05) is 24.5 Å². The molecule has 0 saturated carbocycles. The molecule has 2 heterocycles. The van der Waals surface area contributed by atoms with Crippen LogP contribution in [0.5, 0.6) is 0 Å². The zero-order valence-electron chi connectivity index (χ0n) is 16.3. The SMILES string of the molecule is Cn1ccnc1C1(CNC(=O)c2cc(F)ccc2-c2ccc(Cl)cc2)NC(=O)NC1=O. The summed E-state index contributed by atoms with van der Waals surface area (Å²) in [6.07, 6.45) is 3.09. The van der Waals surface area contributed by atoms with Gasteiger partial charge in [-0.1, -0.05) is 29.8 Å². The molecule has 1 fully saturated rings. The van der Waals surface area contributed by atoms with Gasteiger partial charge in [-0.05, 0) is 35.4 Å². The number of imide groups is 1. The van der Waals surface area contributed by atoms with Gasteiger partial charge in [-0.2, -0.15) is 0 Å². The molecule has 158 valence electrons. The average molecular weight is 442 g/mol. The lowest BCUT2D eigenvalue weighted by molar-refractivity contribution is -0.124. The van der Waals surface area contributed by atoms with Crippen molar-refractivity contribution < 1.29 is 18.8 Å². The van der Waals surface area contributed by atoms with Gasteiger partial charge in [-0.3, -0.25) is 14.9 Å². The predicted molar refractivity (Wildman–Crippen MR) is 111 cm³/mol. The first-order chi connectivity index (χ1) is 14.8. The molecular weight excluding hydrogens is 425 g/mol. The number of hydrogen-bond donors (Lipinski definition) is 3. The zero-order valence-corrected chi connectivity index (χ0v) is 17.0. The van der Waals surface area contributed by atoms with Gasteiger partial charge in [-0.25, -0.2) is 14.2 Å². The molecule has 3 aromatic rings. The summed E-state index contributed by atoms with van der Waals surface area (Å²) < 4.78 is 15.5. The number of carbonyl (C=O) groups excluding carboxylic acids is 3. The molecule has 4 amide bonds. The fraction of sp³-hybridized carbons (Fsp3) is 0.143. The Morgan fingerprint density at radius 2 is 1.97 bits per heavy atom. The van der Waals surface area contributed by atoms with Gasteiger partial charge in [0.2, 0.25) is 0 Å². The van der Waals surface area contributed by atoms with E-state index in [4.69, 9.17) is 11.6 Å². The highest BCUT2D eigenvalue weighted by atomic mass is 35.5. The molecule has 1 saturated heterocycles. The Balaban J connectivity index is 1.66. The normalized spacial score (nSPS) is 17.9. The summed E-state index contributed by atoms with van der Waals surface area (Å²) in [7, 11) is 1.66. The van der Waals surface area contributed by atoms with Crippen LogP contribution in [0, 0.1) is 5.82 Å². The summed E-state index contributed by atoms with van der Waals surface area (Å²) in [6.45, 7) is -0.287. The summed E-state index contributed by atoms with van der Waals surface area (Å²) >= 11 is 5.93. The van der Waals surface area contributed by atoms with Crippen molar-refractivity contribution in [2.75, 3.05) is 6.54 Å². The van der Waals surface area contributed by atoms with E-state index in [0.29, 0.717) is 16.1 Å². The van der Waals surface area contributed by atoms with Crippen molar-refractivity contribution in [2.45, 2.75) is 5.54 Å². The minimum absolute atomic E-state index is 0.0713. The maximum absolute atomic E-state index is 14.0. The number of aryl methyl sites for hydroxylation is 1. The van der Waals surface area contributed by atoms with Gasteiger partial charge in [0.25, 0.3) is 11.8 Å². The summed E-state index contributed by atoms with van der Waals surface area (Å²) in [5.74, 6) is -1.61. The summed E-state index contributed by atoms with van der Waals surface area (Å²) in [6, 6.07) is 9.91. The first-order valence-electron chi connectivity index (χ1n) is 9.25. The minimum Gasteiger partial charge on any atom is -0.349 e. The number of hydrogen-bond acceptors (Lipinski definition) is 4. The van der Waals surface area contributed by atoms with Crippen LogP contribution in [0.2, 0.25) is 5.02 Å². The molecule has 1 aliphatic rings. The van der Waals surface area contributed by atoms with Crippen LogP contribution in [0.1, 0.15) is 16.2 Å². The maximum Gasteiger partial charge on any atom is 0.322 e. The van der Waals surface area contributed by atoms with E-state index in [1.54, 1.807) is 42.1 Å². The standard InChI is InChI=1S/C21H17ClFN5O3/c1-28-9-8-24-18(28)21(19(30)26-20(31)27-21)11-25-17(29)16-10-14(23)6-7-15(16)12-2-4-13(22)5-3-12/h2-10H,11H2,1H3,(H,25,29)(H2,26,27,30,31). The molecule has 1 atom stereocenters. The molecule has 1 aliphatic heterocycles. The average Bonchev–Trinajstić information content (AvgIpc) is 3.29. The molecule has 0 bridgehead atoms. The van der Waals surface area contributed by atoms with E-state index in [2.05, 4.69) is 20.9 Å². The van der Waals surface area contributed by atoms with Crippen LogP contribution in [0.15, 0.2) is 54.9 Å².